The molecule has 0 saturated carbocycles. The summed E-state index contributed by atoms with van der Waals surface area (Å²) in [6.45, 7) is 2.48. The van der Waals surface area contributed by atoms with E-state index in [-0.39, 0.29) is 11.7 Å². The predicted octanol–water partition coefficient (Wildman–Crippen LogP) is 2.16. The van der Waals surface area contributed by atoms with E-state index in [0.29, 0.717) is 18.5 Å². The summed E-state index contributed by atoms with van der Waals surface area (Å²) in [6.07, 6.45) is 2.27. The lowest BCUT2D eigenvalue weighted by Crippen LogP contribution is -2.26. The Morgan fingerprint density at radius 1 is 1.58 bits per heavy atom. The highest BCUT2D eigenvalue weighted by atomic mass is 79.9. The lowest BCUT2D eigenvalue weighted by Gasteiger charge is -2.06. The van der Waals surface area contributed by atoms with Crippen molar-refractivity contribution in [3.8, 4) is 0 Å². The summed E-state index contributed by atoms with van der Waals surface area (Å²) in [5, 5.41) is 5.82. The number of thiazole rings is 1. The lowest BCUT2D eigenvalue weighted by atomic mass is 10.2. The molecule has 0 bridgehead atoms. The van der Waals surface area contributed by atoms with Gasteiger partial charge >= 0.3 is 0 Å². The molecule has 0 radical (unpaired) electrons. The number of pyridine rings is 1. The van der Waals surface area contributed by atoms with Crippen LogP contribution in [0.3, 0.4) is 0 Å². The van der Waals surface area contributed by atoms with Crippen molar-refractivity contribution in [3.05, 3.63) is 38.4 Å². The number of amides is 1. The molecule has 0 saturated heterocycles. The lowest BCUT2D eigenvalue weighted by molar-refractivity contribution is 0.0954. The van der Waals surface area contributed by atoms with Crippen LogP contribution < -0.4 is 11.1 Å². The van der Waals surface area contributed by atoms with Gasteiger partial charge in [0, 0.05) is 34.7 Å². The zero-order valence-corrected chi connectivity index (χ0v) is 12.7. The Kier molecular flexibility index (Phi) is 4.49. The van der Waals surface area contributed by atoms with Gasteiger partial charge in [-0.2, -0.15) is 0 Å². The molecule has 19 heavy (non-hydrogen) atoms. The van der Waals surface area contributed by atoms with Crippen LogP contribution in [0.2, 0.25) is 0 Å². The fraction of sp³-hybridized carbons (Fsp3) is 0.250. The van der Waals surface area contributed by atoms with Crippen molar-refractivity contribution >= 4 is 39.0 Å². The Hall–Kier alpha value is -1.47. The van der Waals surface area contributed by atoms with Gasteiger partial charge in [0.15, 0.2) is 0 Å². The molecule has 0 aromatic carbocycles. The fourth-order valence-corrected chi connectivity index (χ4v) is 2.63. The summed E-state index contributed by atoms with van der Waals surface area (Å²) in [7, 11) is 0. The zero-order valence-electron chi connectivity index (χ0n) is 10.3. The van der Waals surface area contributed by atoms with Gasteiger partial charge < -0.3 is 11.1 Å². The second-order valence-corrected chi connectivity index (χ2v) is 5.83. The summed E-state index contributed by atoms with van der Waals surface area (Å²) >= 11 is 4.86. The molecule has 2 rings (SSSR count). The molecular weight excluding hydrogens is 328 g/mol. The van der Waals surface area contributed by atoms with Crippen LogP contribution in [0.4, 0.5) is 5.82 Å². The van der Waals surface area contributed by atoms with Crippen molar-refractivity contribution in [3.63, 3.8) is 0 Å². The summed E-state index contributed by atoms with van der Waals surface area (Å²) in [5.74, 6) is 0.00497. The summed E-state index contributed by atoms with van der Waals surface area (Å²) in [5.41, 5.74) is 7.06. The van der Waals surface area contributed by atoms with E-state index in [9.17, 15) is 4.79 Å². The van der Waals surface area contributed by atoms with E-state index in [4.69, 9.17) is 5.73 Å². The topological polar surface area (TPSA) is 80.9 Å². The molecule has 0 unspecified atom stereocenters. The van der Waals surface area contributed by atoms with E-state index in [1.807, 2.05) is 12.3 Å². The standard InChI is InChI=1S/C12H13BrN4OS/c1-7-6-19-10(17-7)2-3-15-12(18)9-4-8(13)5-16-11(9)14/h4-6H,2-3H2,1H3,(H2,14,16)(H,15,18). The number of carbonyl (C=O) groups is 1. The highest BCUT2D eigenvalue weighted by molar-refractivity contribution is 9.10. The third-order valence-corrected chi connectivity index (χ3v) is 3.88. The van der Waals surface area contributed by atoms with Gasteiger partial charge in [-0.25, -0.2) is 9.97 Å². The Labute approximate surface area is 123 Å². The normalized spacial score (nSPS) is 10.4. The van der Waals surface area contributed by atoms with Gasteiger partial charge in [0.25, 0.3) is 5.91 Å². The van der Waals surface area contributed by atoms with E-state index in [1.54, 1.807) is 23.6 Å². The quantitative estimate of drug-likeness (QED) is 0.893. The van der Waals surface area contributed by atoms with Gasteiger partial charge in [-0.1, -0.05) is 0 Å². The molecule has 2 heterocycles. The van der Waals surface area contributed by atoms with Gasteiger partial charge in [-0.3, -0.25) is 4.79 Å². The number of anilines is 1. The number of aryl methyl sites for hydroxylation is 1. The average Bonchev–Trinajstić information content (AvgIpc) is 2.78. The molecule has 5 nitrogen and oxygen atoms in total. The monoisotopic (exact) mass is 340 g/mol. The highest BCUT2D eigenvalue weighted by Crippen LogP contribution is 2.15. The van der Waals surface area contributed by atoms with Crippen LogP contribution in [0.5, 0.6) is 0 Å². The van der Waals surface area contributed by atoms with E-state index in [0.717, 1.165) is 15.2 Å². The summed E-state index contributed by atoms with van der Waals surface area (Å²) in [4.78, 5) is 20.2. The predicted molar refractivity (Wildman–Crippen MR) is 79.2 cm³/mol. The number of rotatable bonds is 4. The van der Waals surface area contributed by atoms with Gasteiger partial charge in [0.1, 0.15) is 5.82 Å². The Bertz CT molecular complexity index is 599. The first-order valence-corrected chi connectivity index (χ1v) is 7.34. The first kappa shape index (κ1) is 14.0. The second kappa shape index (κ2) is 6.12. The number of nitrogen functional groups attached to an aromatic ring is 1. The first-order chi connectivity index (χ1) is 9.06. The number of hydrogen-bond acceptors (Lipinski definition) is 5. The minimum Gasteiger partial charge on any atom is -0.383 e. The van der Waals surface area contributed by atoms with Crippen LogP contribution in [-0.2, 0) is 6.42 Å². The zero-order chi connectivity index (χ0) is 13.8. The number of hydrogen-bond donors (Lipinski definition) is 2. The molecule has 100 valence electrons. The largest absolute Gasteiger partial charge is 0.383 e. The number of nitrogens with one attached hydrogen (secondary N) is 1. The maximum atomic E-state index is 11.9. The van der Waals surface area contributed by atoms with Crippen LogP contribution in [0.25, 0.3) is 0 Å². The van der Waals surface area contributed by atoms with Crippen LogP contribution in [0.1, 0.15) is 21.1 Å². The Morgan fingerprint density at radius 2 is 2.37 bits per heavy atom. The maximum Gasteiger partial charge on any atom is 0.255 e. The Balaban J connectivity index is 1.92. The number of nitrogens with two attached hydrogens (primary N) is 1. The van der Waals surface area contributed by atoms with E-state index in [1.165, 1.54) is 0 Å². The van der Waals surface area contributed by atoms with Crippen molar-refractivity contribution in [2.24, 2.45) is 0 Å². The van der Waals surface area contributed by atoms with Crippen LogP contribution in [0.15, 0.2) is 22.1 Å². The number of aromatic nitrogens is 2. The summed E-state index contributed by atoms with van der Waals surface area (Å²) in [6, 6.07) is 1.66. The van der Waals surface area contributed by atoms with Crippen molar-refractivity contribution in [1.82, 2.24) is 15.3 Å². The molecular formula is C12H13BrN4OS. The number of halogens is 1. The third kappa shape index (κ3) is 3.74. The van der Waals surface area contributed by atoms with E-state index < -0.39 is 0 Å². The number of carbonyl (C=O) groups excluding carboxylic acids is 1. The van der Waals surface area contributed by atoms with Crippen molar-refractivity contribution in [2.45, 2.75) is 13.3 Å². The van der Waals surface area contributed by atoms with E-state index in [2.05, 4.69) is 31.2 Å². The molecule has 1 amide bonds. The maximum absolute atomic E-state index is 11.9. The van der Waals surface area contributed by atoms with Crippen molar-refractivity contribution in [2.75, 3.05) is 12.3 Å². The first-order valence-electron chi connectivity index (χ1n) is 5.66. The fourth-order valence-electron chi connectivity index (χ4n) is 1.53. The highest BCUT2D eigenvalue weighted by Gasteiger charge is 2.11. The van der Waals surface area contributed by atoms with Crippen LogP contribution >= 0.6 is 27.3 Å². The van der Waals surface area contributed by atoms with Gasteiger partial charge in [0.05, 0.1) is 10.6 Å². The minimum atomic E-state index is -0.223. The molecule has 0 atom stereocenters. The summed E-state index contributed by atoms with van der Waals surface area (Å²) < 4.78 is 0.724. The van der Waals surface area contributed by atoms with Crippen molar-refractivity contribution in [1.29, 1.82) is 0 Å². The van der Waals surface area contributed by atoms with E-state index >= 15 is 0 Å². The molecule has 7 heteroatoms. The van der Waals surface area contributed by atoms with Crippen molar-refractivity contribution < 1.29 is 4.79 Å². The molecule has 2 aromatic rings. The molecule has 0 fully saturated rings. The molecule has 3 N–H and O–H groups in total. The van der Waals surface area contributed by atoms with Gasteiger partial charge in [0.2, 0.25) is 0 Å². The molecule has 0 aliphatic rings. The van der Waals surface area contributed by atoms with Gasteiger partial charge in [-0.15, -0.1) is 11.3 Å². The minimum absolute atomic E-state index is 0.223. The van der Waals surface area contributed by atoms with Gasteiger partial charge in [-0.05, 0) is 28.9 Å². The number of nitrogens with zero attached hydrogens (tertiary/aromatic N) is 2. The third-order valence-electron chi connectivity index (χ3n) is 2.42. The smallest absolute Gasteiger partial charge is 0.255 e. The Morgan fingerprint density at radius 3 is 3.05 bits per heavy atom. The average molecular weight is 341 g/mol. The molecule has 0 aliphatic heterocycles. The van der Waals surface area contributed by atoms with Crippen LogP contribution in [-0.4, -0.2) is 22.4 Å². The molecule has 2 aromatic heterocycles. The van der Waals surface area contributed by atoms with Crippen LogP contribution in [0, 0.1) is 6.92 Å². The second-order valence-electron chi connectivity index (χ2n) is 3.97. The molecule has 0 spiro atoms. The molecule has 0 aliphatic carbocycles. The SMILES string of the molecule is Cc1csc(CCNC(=O)c2cc(Br)cnc2N)n1.